The van der Waals surface area contributed by atoms with E-state index in [1.165, 1.54) is 18.2 Å². The lowest BCUT2D eigenvalue weighted by molar-refractivity contribution is -0.384. The molecular weight excluding hydrogens is 448 g/mol. The molecule has 0 spiro atoms. The zero-order chi connectivity index (χ0) is 24.9. The Morgan fingerprint density at radius 2 is 1.63 bits per heavy atom. The van der Waals surface area contributed by atoms with Crippen molar-refractivity contribution in [3.8, 4) is 39.5 Å². The number of nitro benzene ring substituents is 1. The Morgan fingerprint density at radius 1 is 0.857 bits per heavy atom. The van der Waals surface area contributed by atoms with Gasteiger partial charge in [0.2, 0.25) is 0 Å². The highest BCUT2D eigenvalue weighted by Crippen LogP contribution is 2.35. The number of phenols is 1. The third-order valence-corrected chi connectivity index (χ3v) is 5.47. The first-order chi connectivity index (χ1) is 16.9. The Labute approximate surface area is 201 Å². The smallest absolute Gasteiger partial charge is 0.279 e. The summed E-state index contributed by atoms with van der Waals surface area (Å²) in [7, 11) is 3.12. The van der Waals surface area contributed by atoms with Gasteiger partial charge in [-0.15, -0.1) is 0 Å². The van der Waals surface area contributed by atoms with Crippen molar-refractivity contribution in [2.24, 2.45) is 0 Å². The summed E-state index contributed by atoms with van der Waals surface area (Å²) in [6.07, 6.45) is 0. The molecule has 176 valence electrons. The van der Waals surface area contributed by atoms with Crippen molar-refractivity contribution in [1.82, 2.24) is 0 Å². The molecule has 4 rings (SSSR count). The van der Waals surface area contributed by atoms with Crippen LogP contribution in [0.1, 0.15) is 10.4 Å². The summed E-state index contributed by atoms with van der Waals surface area (Å²) in [4.78, 5) is 24.2. The number of methoxy groups -OCH3 is 2. The van der Waals surface area contributed by atoms with E-state index in [9.17, 15) is 20.0 Å². The fraction of sp³-hybridized carbons (Fsp3) is 0.0741. The van der Waals surface area contributed by atoms with Gasteiger partial charge in [-0.1, -0.05) is 24.3 Å². The molecule has 0 aliphatic heterocycles. The standard InChI is InChI=1S/C27H22N2O6/c1-34-22-5-3-4-18(14-22)24-15-19(8-13-26(24)35-2)27(31)28-20-9-12-23(25(16-20)29(32)33)17-6-10-21(30)11-7-17/h3-16,30H,1-2H3,(H,28,31). The summed E-state index contributed by atoms with van der Waals surface area (Å²) in [6.45, 7) is 0. The van der Waals surface area contributed by atoms with Crippen molar-refractivity contribution >= 4 is 17.3 Å². The molecule has 4 aromatic rings. The van der Waals surface area contributed by atoms with E-state index in [1.54, 1.807) is 56.7 Å². The molecule has 0 aliphatic carbocycles. The second kappa shape index (κ2) is 9.96. The summed E-state index contributed by atoms with van der Waals surface area (Å²) in [5.74, 6) is 0.890. The number of anilines is 1. The predicted octanol–water partition coefficient (Wildman–Crippen LogP) is 5.90. The van der Waals surface area contributed by atoms with Gasteiger partial charge in [-0.05, 0) is 65.7 Å². The van der Waals surface area contributed by atoms with Crippen LogP contribution in [-0.4, -0.2) is 30.2 Å². The number of phenolic OH excluding ortho intramolecular Hbond substituents is 1. The van der Waals surface area contributed by atoms with Gasteiger partial charge in [-0.25, -0.2) is 0 Å². The monoisotopic (exact) mass is 470 g/mol. The lowest BCUT2D eigenvalue weighted by atomic mass is 10.0. The topological polar surface area (TPSA) is 111 Å². The Morgan fingerprint density at radius 3 is 2.31 bits per heavy atom. The van der Waals surface area contributed by atoms with Gasteiger partial charge in [0.15, 0.2) is 0 Å². The molecular formula is C27H22N2O6. The molecule has 0 heterocycles. The number of carbonyl (C=O) groups is 1. The number of nitrogens with zero attached hydrogens (tertiary/aromatic N) is 1. The number of benzene rings is 4. The van der Waals surface area contributed by atoms with Gasteiger partial charge in [-0.2, -0.15) is 0 Å². The minimum atomic E-state index is -0.508. The van der Waals surface area contributed by atoms with Crippen LogP contribution in [0.2, 0.25) is 0 Å². The molecule has 0 unspecified atom stereocenters. The van der Waals surface area contributed by atoms with Gasteiger partial charge in [0.1, 0.15) is 17.2 Å². The highest BCUT2D eigenvalue weighted by atomic mass is 16.6. The van der Waals surface area contributed by atoms with Gasteiger partial charge in [0, 0.05) is 22.9 Å². The van der Waals surface area contributed by atoms with Crippen molar-refractivity contribution < 1.29 is 24.3 Å². The summed E-state index contributed by atoms with van der Waals surface area (Å²) in [5, 5.41) is 23.9. The molecule has 0 saturated heterocycles. The molecule has 8 nitrogen and oxygen atoms in total. The first-order valence-corrected chi connectivity index (χ1v) is 10.6. The van der Waals surface area contributed by atoms with Crippen LogP contribution in [0.5, 0.6) is 17.2 Å². The Hall–Kier alpha value is -4.85. The van der Waals surface area contributed by atoms with Gasteiger partial charge in [0.25, 0.3) is 11.6 Å². The SMILES string of the molecule is COc1cccc(-c2cc(C(=O)Nc3ccc(-c4ccc(O)cc4)c([N+](=O)[O-])c3)ccc2OC)c1. The maximum Gasteiger partial charge on any atom is 0.279 e. The number of ether oxygens (including phenoxy) is 2. The molecule has 0 fully saturated rings. The minimum absolute atomic E-state index is 0.0631. The number of hydrogen-bond donors (Lipinski definition) is 2. The molecule has 35 heavy (non-hydrogen) atoms. The number of nitrogens with one attached hydrogen (secondary N) is 1. The van der Waals surface area contributed by atoms with Gasteiger partial charge in [-0.3, -0.25) is 14.9 Å². The summed E-state index contributed by atoms with van der Waals surface area (Å²) in [5.41, 5.74) is 2.93. The summed E-state index contributed by atoms with van der Waals surface area (Å²) in [6, 6.07) is 23.0. The largest absolute Gasteiger partial charge is 0.508 e. The van der Waals surface area contributed by atoms with Crippen LogP contribution in [0.15, 0.2) is 84.9 Å². The molecule has 1 amide bonds. The number of rotatable bonds is 7. The van der Waals surface area contributed by atoms with E-state index in [4.69, 9.17) is 9.47 Å². The number of amides is 1. The lowest BCUT2D eigenvalue weighted by Crippen LogP contribution is -2.12. The number of aromatic hydroxyl groups is 1. The van der Waals surface area contributed by atoms with Crippen molar-refractivity contribution in [1.29, 1.82) is 0 Å². The van der Waals surface area contributed by atoms with Gasteiger partial charge < -0.3 is 19.9 Å². The van der Waals surface area contributed by atoms with Crippen molar-refractivity contribution in [3.05, 3.63) is 101 Å². The molecule has 0 saturated carbocycles. The Kier molecular flexibility index (Phi) is 6.64. The Bertz CT molecular complexity index is 1400. The normalized spacial score (nSPS) is 10.5. The second-order valence-electron chi connectivity index (χ2n) is 7.64. The molecule has 0 aliphatic rings. The van der Waals surface area contributed by atoms with Crippen LogP contribution in [0.4, 0.5) is 11.4 Å². The quantitative estimate of drug-likeness (QED) is 0.257. The van der Waals surface area contributed by atoms with Crippen LogP contribution in [-0.2, 0) is 0 Å². The second-order valence-corrected chi connectivity index (χ2v) is 7.64. The molecule has 2 N–H and O–H groups in total. The number of nitro groups is 1. The van der Waals surface area contributed by atoms with Crippen LogP contribution < -0.4 is 14.8 Å². The molecule has 0 aromatic heterocycles. The molecule has 8 heteroatoms. The van der Waals surface area contributed by atoms with Crippen LogP contribution in [0.3, 0.4) is 0 Å². The maximum absolute atomic E-state index is 13.0. The first kappa shape index (κ1) is 23.3. The molecule has 0 radical (unpaired) electrons. The lowest BCUT2D eigenvalue weighted by Gasteiger charge is -2.13. The van der Waals surface area contributed by atoms with Crippen molar-refractivity contribution in [2.45, 2.75) is 0 Å². The van der Waals surface area contributed by atoms with Gasteiger partial charge >= 0.3 is 0 Å². The Balaban J connectivity index is 1.65. The van der Waals surface area contributed by atoms with Gasteiger partial charge in [0.05, 0.1) is 24.7 Å². The van der Waals surface area contributed by atoms with E-state index >= 15 is 0 Å². The molecule has 4 aromatic carbocycles. The van der Waals surface area contributed by atoms with E-state index in [2.05, 4.69) is 5.32 Å². The maximum atomic E-state index is 13.0. The van der Waals surface area contributed by atoms with E-state index in [0.717, 1.165) is 5.56 Å². The fourth-order valence-electron chi connectivity index (χ4n) is 3.71. The average molecular weight is 470 g/mol. The highest BCUT2D eigenvalue weighted by Gasteiger charge is 2.18. The van der Waals surface area contributed by atoms with E-state index in [-0.39, 0.29) is 17.1 Å². The van der Waals surface area contributed by atoms with Crippen molar-refractivity contribution in [3.63, 3.8) is 0 Å². The number of hydrogen-bond acceptors (Lipinski definition) is 6. The predicted molar refractivity (Wildman–Crippen MR) is 133 cm³/mol. The third-order valence-electron chi connectivity index (χ3n) is 5.47. The average Bonchev–Trinajstić information content (AvgIpc) is 2.88. The van der Waals surface area contributed by atoms with Crippen LogP contribution >= 0.6 is 0 Å². The third kappa shape index (κ3) is 5.06. The highest BCUT2D eigenvalue weighted by molar-refractivity contribution is 6.05. The summed E-state index contributed by atoms with van der Waals surface area (Å²) >= 11 is 0. The van der Waals surface area contributed by atoms with E-state index < -0.39 is 10.8 Å². The van der Waals surface area contributed by atoms with Crippen LogP contribution in [0.25, 0.3) is 22.3 Å². The first-order valence-electron chi connectivity index (χ1n) is 10.6. The van der Waals surface area contributed by atoms with E-state index in [1.807, 2.05) is 24.3 Å². The summed E-state index contributed by atoms with van der Waals surface area (Å²) < 4.78 is 10.8. The molecule has 0 bridgehead atoms. The zero-order valence-corrected chi connectivity index (χ0v) is 19.0. The fourth-order valence-corrected chi connectivity index (χ4v) is 3.71. The molecule has 0 atom stereocenters. The van der Waals surface area contributed by atoms with Crippen LogP contribution in [0, 0.1) is 10.1 Å². The van der Waals surface area contributed by atoms with Crippen molar-refractivity contribution in [2.75, 3.05) is 19.5 Å². The zero-order valence-electron chi connectivity index (χ0n) is 19.0. The number of carbonyl (C=O) groups excluding carboxylic acids is 1. The minimum Gasteiger partial charge on any atom is -0.508 e. The van der Waals surface area contributed by atoms with E-state index in [0.29, 0.717) is 33.8 Å².